The van der Waals surface area contributed by atoms with Gasteiger partial charge < -0.3 is 5.73 Å². The van der Waals surface area contributed by atoms with Crippen LogP contribution in [0.5, 0.6) is 0 Å². The molecule has 1 unspecified atom stereocenters. The fourth-order valence-electron chi connectivity index (χ4n) is 4.10. The lowest BCUT2D eigenvalue weighted by Gasteiger charge is -2.40. The molecule has 1 atom stereocenters. The lowest BCUT2D eigenvalue weighted by Crippen LogP contribution is -2.39. The second kappa shape index (κ2) is 5.30. The first-order valence-electron chi connectivity index (χ1n) is 7.74. The Labute approximate surface area is 108 Å². The Balaban J connectivity index is 1.82. The summed E-state index contributed by atoms with van der Waals surface area (Å²) >= 11 is 0. The molecule has 0 saturated heterocycles. The molecule has 2 N–H and O–H groups in total. The smallest absolute Gasteiger partial charge is 0.00956 e. The van der Waals surface area contributed by atoms with Gasteiger partial charge in [-0.25, -0.2) is 0 Å². The number of rotatable bonds is 2. The van der Waals surface area contributed by atoms with Crippen LogP contribution in [0.2, 0.25) is 0 Å². The van der Waals surface area contributed by atoms with Gasteiger partial charge in [-0.2, -0.15) is 0 Å². The molecule has 17 heavy (non-hydrogen) atoms. The normalized spacial score (nSPS) is 33.9. The van der Waals surface area contributed by atoms with E-state index < -0.39 is 0 Å². The van der Waals surface area contributed by atoms with Crippen molar-refractivity contribution in [2.45, 2.75) is 78.2 Å². The van der Waals surface area contributed by atoms with Crippen molar-refractivity contribution < 1.29 is 0 Å². The maximum atomic E-state index is 6.51. The topological polar surface area (TPSA) is 26.0 Å². The molecule has 0 aliphatic heterocycles. The summed E-state index contributed by atoms with van der Waals surface area (Å²) in [5.74, 6) is 2.61. The monoisotopic (exact) mass is 237 g/mol. The van der Waals surface area contributed by atoms with Crippen LogP contribution in [-0.4, -0.2) is 6.04 Å². The van der Waals surface area contributed by atoms with E-state index in [-0.39, 0.29) is 0 Å². The Bertz CT molecular complexity index is 226. The third-order valence-corrected chi connectivity index (χ3v) is 5.49. The Morgan fingerprint density at radius 1 is 0.824 bits per heavy atom. The molecule has 0 spiro atoms. The minimum atomic E-state index is 0.502. The third-order valence-electron chi connectivity index (χ3n) is 5.49. The van der Waals surface area contributed by atoms with Gasteiger partial charge in [0.05, 0.1) is 0 Å². The van der Waals surface area contributed by atoms with E-state index in [1.165, 1.54) is 51.4 Å². The fourth-order valence-corrected chi connectivity index (χ4v) is 4.10. The minimum Gasteiger partial charge on any atom is -0.327 e. The van der Waals surface area contributed by atoms with Crippen LogP contribution in [0, 0.1) is 23.2 Å². The molecule has 2 aliphatic rings. The Kier molecular flexibility index (Phi) is 4.18. The van der Waals surface area contributed by atoms with E-state index in [1.54, 1.807) is 0 Å². The van der Waals surface area contributed by atoms with Crippen LogP contribution in [0.1, 0.15) is 72.1 Å². The highest BCUT2D eigenvalue weighted by Gasteiger charge is 2.34. The van der Waals surface area contributed by atoms with Crippen LogP contribution in [0.4, 0.5) is 0 Å². The average molecular weight is 237 g/mol. The van der Waals surface area contributed by atoms with Crippen LogP contribution in [-0.2, 0) is 0 Å². The van der Waals surface area contributed by atoms with Gasteiger partial charge in [-0.1, -0.05) is 33.6 Å². The van der Waals surface area contributed by atoms with Crippen LogP contribution in [0.15, 0.2) is 0 Å². The van der Waals surface area contributed by atoms with E-state index in [2.05, 4.69) is 20.8 Å². The largest absolute Gasteiger partial charge is 0.327 e. The molecule has 2 aliphatic carbocycles. The summed E-state index contributed by atoms with van der Waals surface area (Å²) in [5.41, 5.74) is 7.01. The molecule has 2 fully saturated rings. The van der Waals surface area contributed by atoms with Crippen molar-refractivity contribution in [3.05, 3.63) is 0 Å². The highest BCUT2D eigenvalue weighted by Crippen LogP contribution is 2.42. The molecule has 1 heteroatoms. The molecule has 0 heterocycles. The molecule has 2 rings (SSSR count). The van der Waals surface area contributed by atoms with Gasteiger partial charge in [-0.3, -0.25) is 0 Å². The molecule has 100 valence electrons. The molecule has 0 aromatic rings. The maximum Gasteiger partial charge on any atom is 0.00956 e. The molecule has 2 saturated carbocycles. The third kappa shape index (κ3) is 3.24. The number of hydrogen-bond donors (Lipinski definition) is 1. The Morgan fingerprint density at radius 3 is 1.76 bits per heavy atom. The van der Waals surface area contributed by atoms with Crippen LogP contribution < -0.4 is 5.73 Å². The zero-order valence-corrected chi connectivity index (χ0v) is 12.0. The van der Waals surface area contributed by atoms with Gasteiger partial charge in [-0.05, 0) is 61.7 Å². The van der Waals surface area contributed by atoms with Crippen molar-refractivity contribution >= 4 is 0 Å². The summed E-state index contributed by atoms with van der Waals surface area (Å²) in [4.78, 5) is 0. The van der Waals surface area contributed by atoms with Crippen molar-refractivity contribution in [2.24, 2.45) is 28.9 Å². The molecule has 0 aromatic heterocycles. The van der Waals surface area contributed by atoms with E-state index in [0.717, 1.165) is 17.8 Å². The molecule has 0 aromatic carbocycles. The van der Waals surface area contributed by atoms with Gasteiger partial charge in [-0.15, -0.1) is 0 Å². The Morgan fingerprint density at radius 2 is 1.29 bits per heavy atom. The van der Waals surface area contributed by atoms with E-state index >= 15 is 0 Å². The molecular formula is C16H31N. The lowest BCUT2D eigenvalue weighted by molar-refractivity contribution is 0.128. The molecule has 0 radical (unpaired) electrons. The van der Waals surface area contributed by atoms with Gasteiger partial charge >= 0.3 is 0 Å². The van der Waals surface area contributed by atoms with Crippen molar-refractivity contribution in [1.29, 1.82) is 0 Å². The van der Waals surface area contributed by atoms with E-state index in [4.69, 9.17) is 5.73 Å². The molecular weight excluding hydrogens is 206 g/mol. The van der Waals surface area contributed by atoms with Crippen molar-refractivity contribution in [3.63, 3.8) is 0 Å². The van der Waals surface area contributed by atoms with Crippen LogP contribution in [0.25, 0.3) is 0 Å². The average Bonchev–Trinajstić information content (AvgIpc) is 2.80. The van der Waals surface area contributed by atoms with Crippen molar-refractivity contribution in [1.82, 2.24) is 0 Å². The summed E-state index contributed by atoms with van der Waals surface area (Å²) in [5, 5.41) is 0. The summed E-state index contributed by atoms with van der Waals surface area (Å²) in [6.07, 6.45) is 11.3. The SMILES string of the molecule is CC(C)(C)C1CCC(C(N)C2CCCC2)CC1. The fraction of sp³-hybridized carbons (Fsp3) is 1.00. The molecule has 0 bridgehead atoms. The quantitative estimate of drug-likeness (QED) is 0.759. The van der Waals surface area contributed by atoms with Crippen molar-refractivity contribution in [3.8, 4) is 0 Å². The summed E-state index contributed by atoms with van der Waals surface area (Å²) < 4.78 is 0. The zero-order chi connectivity index (χ0) is 12.5. The lowest BCUT2D eigenvalue weighted by atomic mass is 9.67. The van der Waals surface area contributed by atoms with Gasteiger partial charge in [0.15, 0.2) is 0 Å². The predicted octanol–water partition coefficient (Wildman–Crippen LogP) is 4.36. The second-order valence-corrected chi connectivity index (χ2v) is 7.60. The van der Waals surface area contributed by atoms with Gasteiger partial charge in [0, 0.05) is 6.04 Å². The molecule has 0 amide bonds. The standard InChI is InChI=1S/C16H31N/c1-16(2,3)14-10-8-13(9-11-14)15(17)12-6-4-5-7-12/h12-15H,4-11,17H2,1-3H3. The van der Waals surface area contributed by atoms with E-state index in [1.807, 2.05) is 0 Å². The van der Waals surface area contributed by atoms with Gasteiger partial charge in [0.2, 0.25) is 0 Å². The van der Waals surface area contributed by atoms with Gasteiger partial charge in [0.25, 0.3) is 0 Å². The Hall–Kier alpha value is -0.0400. The van der Waals surface area contributed by atoms with Gasteiger partial charge in [0.1, 0.15) is 0 Å². The highest BCUT2D eigenvalue weighted by atomic mass is 14.7. The van der Waals surface area contributed by atoms with Crippen molar-refractivity contribution in [2.75, 3.05) is 0 Å². The zero-order valence-electron chi connectivity index (χ0n) is 12.0. The van der Waals surface area contributed by atoms with Crippen LogP contribution in [0.3, 0.4) is 0 Å². The maximum absolute atomic E-state index is 6.51. The van der Waals surface area contributed by atoms with Crippen LogP contribution >= 0.6 is 0 Å². The first kappa shape index (κ1) is 13.4. The summed E-state index contributed by atoms with van der Waals surface area (Å²) in [6.45, 7) is 7.19. The molecule has 1 nitrogen and oxygen atoms in total. The highest BCUT2D eigenvalue weighted by molar-refractivity contribution is 4.88. The summed E-state index contributed by atoms with van der Waals surface area (Å²) in [7, 11) is 0. The first-order chi connectivity index (χ1) is 7.98. The second-order valence-electron chi connectivity index (χ2n) is 7.60. The number of nitrogens with two attached hydrogens (primary N) is 1. The number of hydrogen-bond acceptors (Lipinski definition) is 1. The predicted molar refractivity (Wildman–Crippen MR) is 74.8 cm³/mol. The van der Waals surface area contributed by atoms with E-state index in [0.29, 0.717) is 11.5 Å². The minimum absolute atomic E-state index is 0.502. The summed E-state index contributed by atoms with van der Waals surface area (Å²) in [6, 6.07) is 0.512. The van der Waals surface area contributed by atoms with E-state index in [9.17, 15) is 0 Å². The first-order valence-corrected chi connectivity index (χ1v) is 7.74.